The molecular weight excluding hydrogens is 216 g/mol. The predicted molar refractivity (Wildman–Crippen MR) is 65.8 cm³/mol. The first kappa shape index (κ1) is 10.6. The van der Waals surface area contributed by atoms with Gasteiger partial charge in [-0.15, -0.1) is 0 Å². The SMILES string of the molecule is OC1CCCC1CNc1nc2ccccc2o1. The van der Waals surface area contributed by atoms with Crippen LogP contribution in [0.5, 0.6) is 0 Å². The zero-order chi connectivity index (χ0) is 11.7. The molecule has 0 spiro atoms. The van der Waals surface area contributed by atoms with Gasteiger partial charge in [0, 0.05) is 12.5 Å². The summed E-state index contributed by atoms with van der Waals surface area (Å²) in [5, 5.41) is 12.9. The van der Waals surface area contributed by atoms with Crippen molar-refractivity contribution >= 4 is 17.1 Å². The number of aromatic nitrogens is 1. The normalized spacial score (nSPS) is 24.3. The molecule has 4 nitrogen and oxygen atoms in total. The Labute approximate surface area is 99.7 Å². The first-order chi connectivity index (χ1) is 8.33. The molecule has 90 valence electrons. The molecule has 0 bridgehead atoms. The van der Waals surface area contributed by atoms with Gasteiger partial charge >= 0.3 is 0 Å². The van der Waals surface area contributed by atoms with E-state index in [4.69, 9.17) is 4.42 Å². The number of fused-ring (bicyclic) bond motifs is 1. The van der Waals surface area contributed by atoms with E-state index < -0.39 is 0 Å². The van der Waals surface area contributed by atoms with E-state index in [-0.39, 0.29) is 6.10 Å². The van der Waals surface area contributed by atoms with Gasteiger partial charge in [0.25, 0.3) is 6.01 Å². The summed E-state index contributed by atoms with van der Waals surface area (Å²) in [5.74, 6) is 0.324. The molecular formula is C13H16N2O2. The van der Waals surface area contributed by atoms with E-state index in [0.29, 0.717) is 11.9 Å². The summed E-state index contributed by atoms with van der Waals surface area (Å²) in [5.41, 5.74) is 1.66. The van der Waals surface area contributed by atoms with Gasteiger partial charge < -0.3 is 14.8 Å². The highest BCUT2D eigenvalue weighted by Crippen LogP contribution is 2.26. The number of hydrogen-bond acceptors (Lipinski definition) is 4. The van der Waals surface area contributed by atoms with Crippen LogP contribution in [-0.4, -0.2) is 22.7 Å². The van der Waals surface area contributed by atoms with E-state index in [1.165, 1.54) is 0 Å². The second kappa shape index (κ2) is 4.37. The van der Waals surface area contributed by atoms with Gasteiger partial charge in [0.2, 0.25) is 0 Å². The van der Waals surface area contributed by atoms with Crippen molar-refractivity contribution in [1.82, 2.24) is 4.98 Å². The quantitative estimate of drug-likeness (QED) is 0.853. The highest BCUT2D eigenvalue weighted by atomic mass is 16.4. The minimum Gasteiger partial charge on any atom is -0.424 e. The topological polar surface area (TPSA) is 58.3 Å². The number of aliphatic hydroxyl groups excluding tert-OH is 1. The average molecular weight is 232 g/mol. The maximum atomic E-state index is 9.72. The molecule has 2 unspecified atom stereocenters. The van der Waals surface area contributed by atoms with Gasteiger partial charge in [-0.05, 0) is 25.0 Å². The predicted octanol–water partition coefficient (Wildman–Crippen LogP) is 2.40. The molecule has 0 amide bonds. The lowest BCUT2D eigenvalue weighted by atomic mass is 10.1. The second-order valence-electron chi connectivity index (χ2n) is 4.63. The fraction of sp³-hybridized carbons (Fsp3) is 0.462. The van der Waals surface area contributed by atoms with Crippen molar-refractivity contribution in [1.29, 1.82) is 0 Å². The Bertz CT molecular complexity index is 476. The van der Waals surface area contributed by atoms with Crippen molar-refractivity contribution < 1.29 is 9.52 Å². The molecule has 2 aromatic rings. The molecule has 1 heterocycles. The van der Waals surface area contributed by atoms with E-state index in [1.807, 2.05) is 24.3 Å². The van der Waals surface area contributed by atoms with Crippen LogP contribution in [0.4, 0.5) is 6.01 Å². The van der Waals surface area contributed by atoms with Crippen LogP contribution in [0.25, 0.3) is 11.1 Å². The Morgan fingerprint density at radius 2 is 2.24 bits per heavy atom. The lowest BCUT2D eigenvalue weighted by Gasteiger charge is -2.13. The average Bonchev–Trinajstić information content (AvgIpc) is 2.92. The third-order valence-corrected chi connectivity index (χ3v) is 3.43. The zero-order valence-corrected chi connectivity index (χ0v) is 9.60. The molecule has 4 heteroatoms. The summed E-state index contributed by atoms with van der Waals surface area (Å²) in [7, 11) is 0. The number of aliphatic hydroxyl groups is 1. The number of anilines is 1. The largest absolute Gasteiger partial charge is 0.424 e. The molecule has 1 aromatic carbocycles. The van der Waals surface area contributed by atoms with Gasteiger partial charge in [0.1, 0.15) is 5.52 Å². The fourth-order valence-corrected chi connectivity index (χ4v) is 2.42. The summed E-state index contributed by atoms with van der Waals surface area (Å²) in [6.45, 7) is 0.730. The van der Waals surface area contributed by atoms with Gasteiger partial charge in [0.15, 0.2) is 5.58 Å². The van der Waals surface area contributed by atoms with Crippen LogP contribution in [0, 0.1) is 5.92 Å². The van der Waals surface area contributed by atoms with Gasteiger partial charge in [0.05, 0.1) is 6.10 Å². The number of rotatable bonds is 3. The molecule has 0 aliphatic heterocycles. The monoisotopic (exact) mass is 232 g/mol. The van der Waals surface area contributed by atoms with Crippen LogP contribution in [0.2, 0.25) is 0 Å². The fourth-order valence-electron chi connectivity index (χ4n) is 2.42. The number of benzene rings is 1. The van der Waals surface area contributed by atoms with Crippen LogP contribution in [0.15, 0.2) is 28.7 Å². The molecule has 1 aliphatic carbocycles. The summed E-state index contributed by atoms with van der Waals surface area (Å²) in [4.78, 5) is 4.34. The molecule has 0 saturated heterocycles. The maximum absolute atomic E-state index is 9.72. The highest BCUT2D eigenvalue weighted by Gasteiger charge is 2.25. The summed E-state index contributed by atoms with van der Waals surface area (Å²) >= 11 is 0. The van der Waals surface area contributed by atoms with Crippen molar-refractivity contribution in [2.45, 2.75) is 25.4 Å². The Balaban J connectivity index is 1.68. The number of nitrogens with one attached hydrogen (secondary N) is 1. The van der Waals surface area contributed by atoms with Crippen molar-refractivity contribution in [3.63, 3.8) is 0 Å². The minimum absolute atomic E-state index is 0.174. The van der Waals surface area contributed by atoms with Crippen LogP contribution in [-0.2, 0) is 0 Å². The number of hydrogen-bond donors (Lipinski definition) is 2. The molecule has 0 radical (unpaired) electrons. The lowest BCUT2D eigenvalue weighted by molar-refractivity contribution is 0.138. The zero-order valence-electron chi connectivity index (χ0n) is 9.60. The van der Waals surface area contributed by atoms with Crippen LogP contribution in [0.3, 0.4) is 0 Å². The highest BCUT2D eigenvalue weighted by molar-refractivity contribution is 5.74. The molecule has 1 fully saturated rings. The number of para-hydroxylation sites is 2. The molecule has 1 saturated carbocycles. The van der Waals surface area contributed by atoms with Gasteiger partial charge in [-0.25, -0.2) is 0 Å². The Kier molecular flexibility index (Phi) is 2.73. The Morgan fingerprint density at radius 3 is 3.00 bits per heavy atom. The van der Waals surface area contributed by atoms with Crippen molar-refractivity contribution in [2.24, 2.45) is 5.92 Å². The first-order valence-corrected chi connectivity index (χ1v) is 6.10. The summed E-state index contributed by atoms with van der Waals surface area (Å²) in [6.07, 6.45) is 2.93. The van der Waals surface area contributed by atoms with E-state index in [0.717, 1.165) is 36.9 Å². The Hall–Kier alpha value is -1.55. The number of oxazole rings is 1. The minimum atomic E-state index is -0.174. The van der Waals surface area contributed by atoms with E-state index in [2.05, 4.69) is 10.3 Å². The molecule has 17 heavy (non-hydrogen) atoms. The third-order valence-electron chi connectivity index (χ3n) is 3.43. The third kappa shape index (κ3) is 2.13. The van der Waals surface area contributed by atoms with Crippen LogP contribution >= 0.6 is 0 Å². The summed E-state index contributed by atoms with van der Waals surface area (Å²) in [6, 6.07) is 8.24. The molecule has 2 atom stereocenters. The van der Waals surface area contributed by atoms with Crippen molar-refractivity contribution in [3.8, 4) is 0 Å². The van der Waals surface area contributed by atoms with Gasteiger partial charge in [-0.2, -0.15) is 4.98 Å². The van der Waals surface area contributed by atoms with Crippen molar-refractivity contribution in [3.05, 3.63) is 24.3 Å². The summed E-state index contributed by atoms with van der Waals surface area (Å²) < 4.78 is 5.56. The molecule has 2 N–H and O–H groups in total. The van der Waals surface area contributed by atoms with Gasteiger partial charge in [-0.1, -0.05) is 18.6 Å². The standard InChI is InChI=1S/C13H16N2O2/c16-11-6-3-4-9(11)8-14-13-15-10-5-1-2-7-12(10)17-13/h1-2,5,7,9,11,16H,3-4,6,8H2,(H,14,15). The van der Waals surface area contributed by atoms with Crippen LogP contribution in [0.1, 0.15) is 19.3 Å². The van der Waals surface area contributed by atoms with E-state index in [9.17, 15) is 5.11 Å². The second-order valence-corrected chi connectivity index (χ2v) is 4.63. The maximum Gasteiger partial charge on any atom is 0.295 e. The Morgan fingerprint density at radius 1 is 1.35 bits per heavy atom. The van der Waals surface area contributed by atoms with Gasteiger partial charge in [-0.3, -0.25) is 0 Å². The van der Waals surface area contributed by atoms with E-state index >= 15 is 0 Å². The lowest BCUT2D eigenvalue weighted by Crippen LogP contribution is -2.21. The van der Waals surface area contributed by atoms with Crippen LogP contribution < -0.4 is 5.32 Å². The van der Waals surface area contributed by atoms with Crippen molar-refractivity contribution in [2.75, 3.05) is 11.9 Å². The molecule has 3 rings (SSSR count). The molecule has 1 aromatic heterocycles. The number of nitrogens with zero attached hydrogens (tertiary/aromatic N) is 1. The first-order valence-electron chi connectivity index (χ1n) is 6.10. The van der Waals surface area contributed by atoms with E-state index in [1.54, 1.807) is 0 Å². The smallest absolute Gasteiger partial charge is 0.295 e. The molecule has 1 aliphatic rings.